The van der Waals surface area contributed by atoms with E-state index in [9.17, 15) is 15.0 Å². The van der Waals surface area contributed by atoms with Crippen LogP contribution in [0.2, 0.25) is 0 Å². The van der Waals surface area contributed by atoms with Crippen molar-refractivity contribution in [2.45, 2.75) is 24.7 Å². The Hall–Kier alpha value is -2.50. The predicted molar refractivity (Wildman–Crippen MR) is 112 cm³/mol. The average Bonchev–Trinajstić information content (AvgIpc) is 3.31. The van der Waals surface area contributed by atoms with E-state index < -0.39 is 11.7 Å². The molecule has 0 aliphatic carbocycles. The molecule has 1 aliphatic heterocycles. The second-order valence-corrected chi connectivity index (χ2v) is 7.58. The third kappa shape index (κ3) is 6.74. The normalized spacial score (nSPS) is 21.7. The number of rotatable bonds is 11. The summed E-state index contributed by atoms with van der Waals surface area (Å²) in [5.74, 6) is 0.361. The minimum Gasteiger partial charge on any atom is -0.491 e. The van der Waals surface area contributed by atoms with Gasteiger partial charge in [0.2, 0.25) is 0 Å². The monoisotopic (exact) mass is 434 g/mol. The lowest BCUT2D eigenvalue weighted by atomic mass is 9.88. The fourth-order valence-electron chi connectivity index (χ4n) is 3.42. The van der Waals surface area contributed by atoms with Gasteiger partial charge in [-0.3, -0.25) is 9.69 Å². The molecule has 5 N–H and O–H groups in total. The van der Waals surface area contributed by atoms with Crippen LogP contribution in [-0.4, -0.2) is 93.9 Å². The zero-order valence-corrected chi connectivity index (χ0v) is 17.4. The van der Waals surface area contributed by atoms with E-state index in [1.807, 2.05) is 24.3 Å². The molecular formula is C21H30N4O6. The van der Waals surface area contributed by atoms with Crippen molar-refractivity contribution in [1.29, 1.82) is 0 Å². The number of nitrogens with zero attached hydrogens (tertiary/aromatic N) is 2. The van der Waals surface area contributed by atoms with Crippen LogP contribution in [0, 0.1) is 0 Å². The van der Waals surface area contributed by atoms with Crippen LogP contribution in [0.4, 0.5) is 0 Å². The fourth-order valence-corrected chi connectivity index (χ4v) is 3.42. The van der Waals surface area contributed by atoms with E-state index in [1.54, 1.807) is 0 Å². The van der Waals surface area contributed by atoms with E-state index in [4.69, 9.17) is 14.6 Å². The molecular weight excluding hydrogens is 404 g/mol. The number of aliphatic hydroxyl groups excluding tert-OH is 2. The molecule has 0 bridgehead atoms. The van der Waals surface area contributed by atoms with Gasteiger partial charge in [0.25, 0.3) is 5.91 Å². The van der Waals surface area contributed by atoms with Gasteiger partial charge in [-0.05, 0) is 24.1 Å². The molecule has 0 unspecified atom stereocenters. The number of ether oxygens (including phenoxy) is 2. The molecule has 10 nitrogen and oxygen atoms in total. The summed E-state index contributed by atoms with van der Waals surface area (Å²) >= 11 is 0. The van der Waals surface area contributed by atoms with Gasteiger partial charge in [0, 0.05) is 26.2 Å². The highest BCUT2D eigenvalue weighted by Crippen LogP contribution is 2.24. The van der Waals surface area contributed by atoms with E-state index >= 15 is 0 Å². The largest absolute Gasteiger partial charge is 0.491 e. The van der Waals surface area contributed by atoms with Gasteiger partial charge >= 0.3 is 0 Å². The first-order valence-electron chi connectivity index (χ1n) is 10.3. The summed E-state index contributed by atoms with van der Waals surface area (Å²) in [5.41, 5.74) is -0.00294. The number of carbonyl (C=O) groups excluding carboxylic acids is 1. The molecule has 3 rings (SSSR count). The standard InChI is InChI=1S/C21H30N4O6/c26-7-8-30-9-10-31-17-3-1-16(2-4-17)12-25-6-5-21(29,19(27)13-25)14-23-20(28)18-11-22-15-24-18/h1-4,11,15,19,26-27,29H,5-10,12-14H2,(H,22,24)(H,23,28)/t19-,21-/m1/s1. The molecule has 1 aromatic heterocycles. The van der Waals surface area contributed by atoms with E-state index in [0.29, 0.717) is 51.6 Å². The predicted octanol–water partition coefficient (Wildman–Crippen LogP) is -0.475. The Balaban J connectivity index is 1.42. The van der Waals surface area contributed by atoms with Gasteiger partial charge in [-0.2, -0.15) is 0 Å². The van der Waals surface area contributed by atoms with Crippen molar-refractivity contribution in [1.82, 2.24) is 20.2 Å². The Bertz CT molecular complexity index is 801. The van der Waals surface area contributed by atoms with Gasteiger partial charge < -0.3 is 35.1 Å². The highest BCUT2D eigenvalue weighted by Gasteiger charge is 2.40. The molecule has 1 fully saturated rings. The molecule has 31 heavy (non-hydrogen) atoms. The van der Waals surface area contributed by atoms with Crippen molar-refractivity contribution in [3.05, 3.63) is 48.0 Å². The van der Waals surface area contributed by atoms with Crippen LogP contribution in [0.25, 0.3) is 0 Å². The summed E-state index contributed by atoms with van der Waals surface area (Å²) in [6.45, 7) is 2.62. The number of hydrogen-bond donors (Lipinski definition) is 5. The Labute approximate surface area is 180 Å². The number of H-pyrrole nitrogens is 1. The molecule has 1 aliphatic rings. The number of amides is 1. The Morgan fingerprint density at radius 2 is 2.10 bits per heavy atom. The van der Waals surface area contributed by atoms with E-state index in [1.165, 1.54) is 12.5 Å². The summed E-state index contributed by atoms with van der Waals surface area (Å²) in [4.78, 5) is 20.6. The number of aromatic amines is 1. The summed E-state index contributed by atoms with van der Waals surface area (Å²) in [5, 5.41) is 32.6. The lowest BCUT2D eigenvalue weighted by molar-refractivity contribution is -0.116. The molecule has 2 aromatic rings. The van der Waals surface area contributed by atoms with E-state index in [-0.39, 0.29) is 19.1 Å². The SMILES string of the molecule is O=C(NC[C@]1(O)CCN(Cc2ccc(OCCOCCO)cc2)C[C@H]1O)c1cnc[nH]1. The molecule has 2 heterocycles. The topological polar surface area (TPSA) is 140 Å². The van der Waals surface area contributed by atoms with Crippen LogP contribution in [0.15, 0.2) is 36.8 Å². The lowest BCUT2D eigenvalue weighted by Crippen LogP contribution is -2.60. The van der Waals surface area contributed by atoms with E-state index in [0.717, 1.165) is 11.3 Å². The second kappa shape index (κ2) is 11.2. The maximum Gasteiger partial charge on any atom is 0.269 e. The van der Waals surface area contributed by atoms with Crippen LogP contribution in [0.3, 0.4) is 0 Å². The molecule has 1 aromatic carbocycles. The van der Waals surface area contributed by atoms with Crippen molar-refractivity contribution in [2.75, 3.05) is 46.1 Å². The minimum absolute atomic E-state index is 0.00286. The molecule has 2 atom stereocenters. The summed E-state index contributed by atoms with van der Waals surface area (Å²) < 4.78 is 10.7. The third-order valence-corrected chi connectivity index (χ3v) is 5.27. The maximum absolute atomic E-state index is 12.0. The van der Waals surface area contributed by atoms with Crippen molar-refractivity contribution in [2.24, 2.45) is 0 Å². The number of hydrogen-bond acceptors (Lipinski definition) is 8. The number of benzene rings is 1. The summed E-state index contributed by atoms with van der Waals surface area (Å²) in [7, 11) is 0. The minimum atomic E-state index is -1.37. The second-order valence-electron chi connectivity index (χ2n) is 7.58. The lowest BCUT2D eigenvalue weighted by Gasteiger charge is -2.42. The van der Waals surface area contributed by atoms with Gasteiger partial charge in [0.15, 0.2) is 0 Å². The van der Waals surface area contributed by atoms with Crippen LogP contribution in [0.1, 0.15) is 22.5 Å². The van der Waals surface area contributed by atoms with Gasteiger partial charge in [0.05, 0.1) is 38.4 Å². The van der Waals surface area contributed by atoms with Crippen LogP contribution in [0.5, 0.6) is 5.75 Å². The first-order valence-corrected chi connectivity index (χ1v) is 10.3. The van der Waals surface area contributed by atoms with Crippen LogP contribution < -0.4 is 10.1 Å². The van der Waals surface area contributed by atoms with Crippen molar-refractivity contribution >= 4 is 5.91 Å². The van der Waals surface area contributed by atoms with Crippen LogP contribution in [-0.2, 0) is 11.3 Å². The molecule has 1 amide bonds. The first-order chi connectivity index (χ1) is 15.0. The van der Waals surface area contributed by atoms with Gasteiger partial charge in [-0.15, -0.1) is 0 Å². The molecule has 10 heteroatoms. The first kappa shape index (κ1) is 23.2. The summed E-state index contributed by atoms with van der Waals surface area (Å²) in [6.07, 6.45) is 2.17. The Kier molecular flexibility index (Phi) is 8.38. The number of imidazole rings is 1. The maximum atomic E-state index is 12.0. The molecule has 1 saturated heterocycles. The number of aliphatic hydroxyl groups is 3. The Morgan fingerprint density at radius 3 is 2.77 bits per heavy atom. The molecule has 0 spiro atoms. The van der Waals surface area contributed by atoms with Gasteiger partial charge in [-0.1, -0.05) is 12.1 Å². The average molecular weight is 434 g/mol. The van der Waals surface area contributed by atoms with Gasteiger partial charge in [-0.25, -0.2) is 4.98 Å². The molecule has 0 radical (unpaired) electrons. The number of piperidine rings is 1. The smallest absolute Gasteiger partial charge is 0.269 e. The number of aromatic nitrogens is 2. The zero-order chi connectivity index (χ0) is 22.1. The highest BCUT2D eigenvalue weighted by atomic mass is 16.5. The number of nitrogens with one attached hydrogen (secondary N) is 2. The highest BCUT2D eigenvalue weighted by molar-refractivity contribution is 5.91. The summed E-state index contributed by atoms with van der Waals surface area (Å²) in [6, 6.07) is 7.68. The van der Waals surface area contributed by atoms with E-state index in [2.05, 4.69) is 20.2 Å². The number of β-amino-alcohol motifs (C(OH)–C–C–N with tert-alkyl or cyclic N) is 1. The molecule has 0 saturated carbocycles. The van der Waals surface area contributed by atoms with Crippen molar-refractivity contribution in [3.63, 3.8) is 0 Å². The fraction of sp³-hybridized carbons (Fsp3) is 0.524. The van der Waals surface area contributed by atoms with Crippen molar-refractivity contribution < 1.29 is 29.6 Å². The van der Waals surface area contributed by atoms with Crippen molar-refractivity contribution in [3.8, 4) is 5.75 Å². The van der Waals surface area contributed by atoms with Gasteiger partial charge in [0.1, 0.15) is 23.7 Å². The third-order valence-electron chi connectivity index (χ3n) is 5.27. The number of carbonyl (C=O) groups is 1. The molecule has 170 valence electrons. The quantitative estimate of drug-likeness (QED) is 0.299. The zero-order valence-electron chi connectivity index (χ0n) is 17.4. The Morgan fingerprint density at radius 1 is 1.29 bits per heavy atom. The van der Waals surface area contributed by atoms with Crippen LogP contribution >= 0.6 is 0 Å². The number of likely N-dealkylation sites (tertiary alicyclic amines) is 1.